The summed E-state index contributed by atoms with van der Waals surface area (Å²) >= 11 is 0. The number of aromatic nitrogens is 2. The molecule has 4 rings (SSSR count). The van der Waals surface area contributed by atoms with Crippen molar-refractivity contribution in [1.29, 1.82) is 0 Å². The van der Waals surface area contributed by atoms with Crippen molar-refractivity contribution in [2.75, 3.05) is 0 Å². The molecule has 1 N–H and O–H groups in total. The zero-order valence-electron chi connectivity index (χ0n) is 12.1. The fourth-order valence-corrected chi connectivity index (χ4v) is 4.11. The van der Waals surface area contributed by atoms with E-state index in [1.54, 1.807) is 0 Å². The molecule has 2 bridgehead atoms. The van der Waals surface area contributed by atoms with E-state index in [1.807, 2.05) is 0 Å². The van der Waals surface area contributed by atoms with Crippen molar-refractivity contribution in [3.05, 3.63) is 18.0 Å². The average molecular weight is 275 g/mol. The van der Waals surface area contributed by atoms with Crippen LogP contribution in [0, 0.1) is 0 Å². The molecule has 0 aromatic carbocycles. The Labute approximate surface area is 120 Å². The van der Waals surface area contributed by atoms with Gasteiger partial charge < -0.3 is 10.1 Å². The second kappa shape index (κ2) is 5.49. The Morgan fingerprint density at radius 3 is 2.85 bits per heavy atom. The van der Waals surface area contributed by atoms with Crippen LogP contribution in [0.1, 0.15) is 63.1 Å². The molecule has 4 heteroatoms. The number of nitrogens with one attached hydrogen (secondary N) is 1. The van der Waals surface area contributed by atoms with Gasteiger partial charge in [0.1, 0.15) is 0 Å². The number of hydrogen-bond donors (Lipinski definition) is 1. The van der Waals surface area contributed by atoms with Crippen molar-refractivity contribution in [2.24, 2.45) is 0 Å². The SMILES string of the molecule is c1cn(C2CCCCC2)nc1CNC1CC2CCC1O2. The number of hydrogen-bond acceptors (Lipinski definition) is 3. The molecule has 1 saturated carbocycles. The summed E-state index contributed by atoms with van der Waals surface area (Å²) in [7, 11) is 0. The highest BCUT2D eigenvalue weighted by atomic mass is 16.5. The number of rotatable bonds is 4. The third-order valence-electron chi connectivity index (χ3n) is 5.26. The van der Waals surface area contributed by atoms with Crippen LogP contribution in [0.5, 0.6) is 0 Å². The summed E-state index contributed by atoms with van der Waals surface area (Å²) in [6.07, 6.45) is 13.6. The molecule has 2 saturated heterocycles. The Bertz CT molecular complexity index is 452. The summed E-state index contributed by atoms with van der Waals surface area (Å²) in [5.74, 6) is 0. The summed E-state index contributed by atoms with van der Waals surface area (Å²) in [4.78, 5) is 0. The van der Waals surface area contributed by atoms with Gasteiger partial charge in [-0.3, -0.25) is 4.68 Å². The van der Waals surface area contributed by atoms with Crippen molar-refractivity contribution in [1.82, 2.24) is 15.1 Å². The molecule has 3 atom stereocenters. The molecule has 3 heterocycles. The lowest BCUT2D eigenvalue weighted by Crippen LogP contribution is -2.37. The third-order valence-corrected chi connectivity index (χ3v) is 5.26. The van der Waals surface area contributed by atoms with E-state index in [-0.39, 0.29) is 0 Å². The van der Waals surface area contributed by atoms with Gasteiger partial charge in [0.25, 0.3) is 0 Å². The van der Waals surface area contributed by atoms with E-state index in [0.717, 1.165) is 6.54 Å². The summed E-state index contributed by atoms with van der Waals surface area (Å²) in [5, 5.41) is 8.42. The van der Waals surface area contributed by atoms with Gasteiger partial charge in [0.05, 0.1) is 23.9 Å². The molecule has 0 amide bonds. The van der Waals surface area contributed by atoms with Gasteiger partial charge in [-0.25, -0.2) is 0 Å². The minimum absolute atomic E-state index is 0.459. The highest BCUT2D eigenvalue weighted by Crippen LogP contribution is 2.34. The van der Waals surface area contributed by atoms with E-state index in [4.69, 9.17) is 9.84 Å². The smallest absolute Gasteiger partial charge is 0.0762 e. The monoisotopic (exact) mass is 275 g/mol. The molecule has 1 aromatic heterocycles. The minimum atomic E-state index is 0.459. The Morgan fingerprint density at radius 1 is 1.20 bits per heavy atom. The molecular weight excluding hydrogens is 250 g/mol. The molecular formula is C16H25N3O. The largest absolute Gasteiger partial charge is 0.373 e. The van der Waals surface area contributed by atoms with E-state index < -0.39 is 0 Å². The van der Waals surface area contributed by atoms with Crippen molar-refractivity contribution in [2.45, 2.75) is 82.2 Å². The lowest BCUT2D eigenvalue weighted by atomic mass is 9.95. The first-order valence-corrected chi connectivity index (χ1v) is 8.31. The fourth-order valence-electron chi connectivity index (χ4n) is 4.11. The van der Waals surface area contributed by atoms with Crippen LogP contribution in [0.15, 0.2) is 12.3 Å². The number of ether oxygens (including phenoxy) is 1. The van der Waals surface area contributed by atoms with Gasteiger partial charge in [0, 0.05) is 18.8 Å². The molecule has 3 aliphatic rings. The lowest BCUT2D eigenvalue weighted by Gasteiger charge is -2.22. The first kappa shape index (κ1) is 12.8. The predicted octanol–water partition coefficient (Wildman–Crippen LogP) is 2.80. The summed E-state index contributed by atoms with van der Waals surface area (Å²) in [6, 6.07) is 3.37. The zero-order valence-corrected chi connectivity index (χ0v) is 12.1. The van der Waals surface area contributed by atoms with Crippen molar-refractivity contribution < 1.29 is 4.74 Å². The highest BCUT2D eigenvalue weighted by molar-refractivity contribution is 5.02. The molecule has 20 heavy (non-hydrogen) atoms. The van der Waals surface area contributed by atoms with E-state index in [0.29, 0.717) is 24.3 Å². The van der Waals surface area contributed by atoms with Gasteiger partial charge >= 0.3 is 0 Å². The lowest BCUT2D eigenvalue weighted by molar-refractivity contribution is 0.0972. The second-order valence-electron chi connectivity index (χ2n) is 6.68. The average Bonchev–Trinajstić information content (AvgIpc) is 3.22. The van der Waals surface area contributed by atoms with Crippen LogP contribution in [-0.4, -0.2) is 28.0 Å². The van der Waals surface area contributed by atoms with Crippen LogP contribution in [0.3, 0.4) is 0 Å². The van der Waals surface area contributed by atoms with Gasteiger partial charge in [-0.2, -0.15) is 5.10 Å². The van der Waals surface area contributed by atoms with Crippen LogP contribution in [0.25, 0.3) is 0 Å². The molecule has 3 fully saturated rings. The maximum Gasteiger partial charge on any atom is 0.0762 e. The van der Waals surface area contributed by atoms with Crippen LogP contribution in [0.2, 0.25) is 0 Å². The number of nitrogens with zero attached hydrogens (tertiary/aromatic N) is 2. The van der Waals surface area contributed by atoms with Gasteiger partial charge in [-0.15, -0.1) is 0 Å². The van der Waals surface area contributed by atoms with Crippen molar-refractivity contribution >= 4 is 0 Å². The maximum atomic E-state index is 5.89. The van der Waals surface area contributed by atoms with Gasteiger partial charge in [0.2, 0.25) is 0 Å². The van der Waals surface area contributed by atoms with Crippen LogP contribution >= 0.6 is 0 Å². The fraction of sp³-hybridized carbons (Fsp3) is 0.812. The van der Waals surface area contributed by atoms with E-state index in [2.05, 4.69) is 22.3 Å². The van der Waals surface area contributed by atoms with Crippen LogP contribution in [0.4, 0.5) is 0 Å². The molecule has 0 spiro atoms. The Hall–Kier alpha value is -0.870. The van der Waals surface area contributed by atoms with E-state index in [1.165, 1.54) is 57.1 Å². The van der Waals surface area contributed by atoms with E-state index >= 15 is 0 Å². The van der Waals surface area contributed by atoms with Crippen LogP contribution in [-0.2, 0) is 11.3 Å². The predicted molar refractivity (Wildman–Crippen MR) is 77.5 cm³/mol. The van der Waals surface area contributed by atoms with Gasteiger partial charge in [-0.1, -0.05) is 19.3 Å². The molecule has 110 valence electrons. The summed E-state index contributed by atoms with van der Waals surface area (Å²) < 4.78 is 8.09. The van der Waals surface area contributed by atoms with Gasteiger partial charge in [0.15, 0.2) is 0 Å². The Kier molecular flexibility index (Phi) is 3.52. The summed E-state index contributed by atoms with van der Waals surface area (Å²) in [6.45, 7) is 0.886. The zero-order chi connectivity index (χ0) is 13.4. The topological polar surface area (TPSA) is 39.1 Å². The molecule has 0 radical (unpaired) electrons. The molecule has 3 unspecified atom stereocenters. The number of fused-ring (bicyclic) bond motifs is 2. The highest BCUT2D eigenvalue weighted by Gasteiger charge is 2.40. The Morgan fingerprint density at radius 2 is 2.10 bits per heavy atom. The maximum absolute atomic E-state index is 5.89. The van der Waals surface area contributed by atoms with Crippen molar-refractivity contribution in [3.8, 4) is 0 Å². The molecule has 1 aromatic rings. The molecule has 2 aliphatic heterocycles. The minimum Gasteiger partial charge on any atom is -0.373 e. The summed E-state index contributed by atoms with van der Waals surface area (Å²) in [5.41, 5.74) is 1.18. The third kappa shape index (κ3) is 2.51. The molecule has 1 aliphatic carbocycles. The normalized spacial score (nSPS) is 33.9. The molecule has 4 nitrogen and oxygen atoms in total. The van der Waals surface area contributed by atoms with E-state index in [9.17, 15) is 0 Å². The standard InChI is InChI=1S/C16H25N3O/c1-2-4-13(5-3-1)19-9-8-12(18-19)11-17-15-10-14-6-7-16(15)20-14/h8-9,13-17H,1-7,10-11H2. The Balaban J connectivity index is 1.32. The second-order valence-corrected chi connectivity index (χ2v) is 6.68. The quantitative estimate of drug-likeness (QED) is 0.918. The first-order valence-electron chi connectivity index (χ1n) is 8.31. The first-order chi connectivity index (χ1) is 9.88. The van der Waals surface area contributed by atoms with Crippen molar-refractivity contribution in [3.63, 3.8) is 0 Å². The van der Waals surface area contributed by atoms with Gasteiger partial charge in [-0.05, 0) is 38.2 Å². The van der Waals surface area contributed by atoms with Crippen LogP contribution < -0.4 is 5.32 Å².